The van der Waals surface area contributed by atoms with Crippen LogP contribution in [0.1, 0.15) is 23.0 Å². The Morgan fingerprint density at radius 3 is 2.89 bits per heavy atom. The number of para-hydroxylation sites is 1. The first-order valence-electron chi connectivity index (χ1n) is 6.08. The summed E-state index contributed by atoms with van der Waals surface area (Å²) in [5.74, 6) is 0.868. The van der Waals surface area contributed by atoms with E-state index in [-0.39, 0.29) is 5.78 Å². The number of hydrogen-bond acceptors (Lipinski definition) is 3. The Bertz CT molecular complexity index is 572. The van der Waals surface area contributed by atoms with Gasteiger partial charge in [0.1, 0.15) is 5.75 Å². The number of hydrogen-bond donors (Lipinski definition) is 2. The van der Waals surface area contributed by atoms with Crippen molar-refractivity contribution < 1.29 is 9.53 Å². The van der Waals surface area contributed by atoms with E-state index in [1.165, 1.54) is 0 Å². The van der Waals surface area contributed by atoms with Crippen molar-refractivity contribution in [2.75, 3.05) is 20.2 Å². The molecule has 0 aliphatic rings. The van der Waals surface area contributed by atoms with Crippen LogP contribution in [0.4, 0.5) is 0 Å². The van der Waals surface area contributed by atoms with Crippen molar-refractivity contribution in [2.45, 2.75) is 13.8 Å². The van der Waals surface area contributed by atoms with E-state index in [2.05, 4.69) is 10.3 Å². The Hall–Kier alpha value is -1.81. The maximum absolute atomic E-state index is 12.2. The number of Topliss-reactive ketones (excluding diaryl/α,β-unsaturated/α-hetero) is 1. The Morgan fingerprint density at radius 1 is 1.44 bits per heavy atom. The number of aromatic nitrogens is 1. The number of rotatable bonds is 5. The molecule has 0 saturated carbocycles. The van der Waals surface area contributed by atoms with Crippen LogP contribution in [0.25, 0.3) is 10.9 Å². The highest BCUT2D eigenvalue weighted by Crippen LogP contribution is 2.29. The fourth-order valence-corrected chi connectivity index (χ4v) is 2.18. The van der Waals surface area contributed by atoms with Gasteiger partial charge in [-0.2, -0.15) is 0 Å². The molecule has 96 valence electrons. The molecule has 2 rings (SSSR count). The molecular formula is C14H18N2O2. The summed E-state index contributed by atoms with van der Waals surface area (Å²) >= 11 is 0. The third-order valence-corrected chi connectivity index (χ3v) is 3.02. The highest BCUT2D eigenvalue weighted by Gasteiger charge is 2.17. The van der Waals surface area contributed by atoms with E-state index in [0.717, 1.165) is 34.5 Å². The number of likely N-dealkylation sites (N-methyl/N-ethyl adjacent to an activating group) is 1. The molecule has 18 heavy (non-hydrogen) atoms. The predicted octanol–water partition coefficient (Wildman–Crippen LogP) is 2.28. The number of carbonyl (C=O) groups excluding carboxylic acids is 1. The van der Waals surface area contributed by atoms with Gasteiger partial charge in [-0.15, -0.1) is 0 Å². The van der Waals surface area contributed by atoms with Crippen LogP contribution in [0.15, 0.2) is 18.2 Å². The third-order valence-electron chi connectivity index (χ3n) is 3.02. The van der Waals surface area contributed by atoms with Crippen molar-refractivity contribution in [2.24, 2.45) is 0 Å². The smallest absolute Gasteiger partial charge is 0.179 e. The van der Waals surface area contributed by atoms with Crippen molar-refractivity contribution in [1.29, 1.82) is 0 Å². The molecule has 0 spiro atoms. The fraction of sp³-hybridized carbons (Fsp3) is 0.357. The minimum atomic E-state index is 0.105. The van der Waals surface area contributed by atoms with Gasteiger partial charge in [0.25, 0.3) is 0 Å². The number of nitrogens with one attached hydrogen (secondary N) is 2. The second-order valence-electron chi connectivity index (χ2n) is 4.21. The molecule has 4 heteroatoms. The molecule has 0 saturated heterocycles. The van der Waals surface area contributed by atoms with Gasteiger partial charge in [-0.1, -0.05) is 19.1 Å². The molecule has 4 nitrogen and oxygen atoms in total. The van der Waals surface area contributed by atoms with Crippen LogP contribution in [-0.4, -0.2) is 31.0 Å². The van der Waals surface area contributed by atoms with Crippen LogP contribution in [-0.2, 0) is 0 Å². The average molecular weight is 246 g/mol. The molecule has 2 aromatic rings. The molecule has 0 aliphatic carbocycles. The molecule has 0 fully saturated rings. The number of fused-ring (bicyclic) bond motifs is 1. The number of ketones is 1. The van der Waals surface area contributed by atoms with Gasteiger partial charge < -0.3 is 15.0 Å². The molecule has 1 heterocycles. The van der Waals surface area contributed by atoms with Crippen LogP contribution in [0.5, 0.6) is 5.75 Å². The number of ether oxygens (including phenoxy) is 1. The fourth-order valence-electron chi connectivity index (χ4n) is 2.18. The van der Waals surface area contributed by atoms with E-state index in [1.54, 1.807) is 7.11 Å². The molecule has 0 amide bonds. The predicted molar refractivity (Wildman–Crippen MR) is 72.5 cm³/mol. The lowest BCUT2D eigenvalue weighted by Gasteiger charge is -2.03. The molecule has 0 atom stereocenters. The number of H-pyrrole nitrogens is 1. The Labute approximate surface area is 106 Å². The van der Waals surface area contributed by atoms with Crippen molar-refractivity contribution >= 4 is 16.7 Å². The van der Waals surface area contributed by atoms with Crippen molar-refractivity contribution in [3.8, 4) is 5.75 Å². The molecule has 0 unspecified atom stereocenters. The average Bonchev–Trinajstić information content (AvgIpc) is 2.71. The molecule has 0 bridgehead atoms. The zero-order valence-corrected chi connectivity index (χ0v) is 11.0. The third kappa shape index (κ3) is 2.11. The molecule has 1 aromatic carbocycles. The zero-order valence-electron chi connectivity index (χ0n) is 11.0. The molecular weight excluding hydrogens is 228 g/mol. The monoisotopic (exact) mass is 246 g/mol. The van der Waals surface area contributed by atoms with E-state index in [1.807, 2.05) is 32.0 Å². The Kier molecular flexibility index (Phi) is 3.67. The van der Waals surface area contributed by atoms with Crippen molar-refractivity contribution in [1.82, 2.24) is 10.3 Å². The lowest BCUT2D eigenvalue weighted by atomic mass is 10.1. The first-order valence-corrected chi connectivity index (χ1v) is 6.08. The molecule has 0 aliphatic heterocycles. The van der Waals surface area contributed by atoms with Gasteiger partial charge in [-0.25, -0.2) is 0 Å². The number of methoxy groups -OCH3 is 1. The van der Waals surface area contributed by atoms with Crippen LogP contribution >= 0.6 is 0 Å². The summed E-state index contributed by atoms with van der Waals surface area (Å²) < 4.78 is 5.30. The normalized spacial score (nSPS) is 10.8. The summed E-state index contributed by atoms with van der Waals surface area (Å²) in [5, 5.41) is 3.99. The Morgan fingerprint density at radius 2 is 2.22 bits per heavy atom. The Balaban J connectivity index is 2.51. The number of carbonyl (C=O) groups is 1. The van der Waals surface area contributed by atoms with Crippen molar-refractivity contribution in [3.63, 3.8) is 0 Å². The minimum Gasteiger partial charge on any atom is -0.495 e. The maximum Gasteiger partial charge on any atom is 0.179 e. The topological polar surface area (TPSA) is 54.1 Å². The molecule has 0 radical (unpaired) electrons. The van der Waals surface area contributed by atoms with Gasteiger partial charge in [0.15, 0.2) is 5.78 Å². The van der Waals surface area contributed by atoms with Crippen LogP contribution in [0.2, 0.25) is 0 Å². The number of aryl methyl sites for hydroxylation is 1. The maximum atomic E-state index is 12.2. The number of aromatic amines is 1. The van der Waals surface area contributed by atoms with E-state index in [4.69, 9.17) is 4.74 Å². The lowest BCUT2D eigenvalue weighted by molar-refractivity contribution is 0.0993. The van der Waals surface area contributed by atoms with Gasteiger partial charge in [0.05, 0.1) is 19.2 Å². The summed E-state index contributed by atoms with van der Waals surface area (Å²) in [6, 6.07) is 5.73. The second kappa shape index (κ2) is 5.23. The van der Waals surface area contributed by atoms with Gasteiger partial charge in [-0.3, -0.25) is 4.79 Å². The summed E-state index contributed by atoms with van der Waals surface area (Å²) in [5.41, 5.74) is 2.53. The summed E-state index contributed by atoms with van der Waals surface area (Å²) in [6.07, 6.45) is 0. The van der Waals surface area contributed by atoms with Gasteiger partial charge in [0.2, 0.25) is 0 Å². The van der Waals surface area contributed by atoms with Crippen LogP contribution in [0.3, 0.4) is 0 Å². The molecule has 1 aromatic heterocycles. The van der Waals surface area contributed by atoms with E-state index in [9.17, 15) is 4.79 Å². The van der Waals surface area contributed by atoms with Crippen LogP contribution in [0, 0.1) is 6.92 Å². The van der Waals surface area contributed by atoms with Gasteiger partial charge >= 0.3 is 0 Å². The van der Waals surface area contributed by atoms with E-state index >= 15 is 0 Å². The van der Waals surface area contributed by atoms with E-state index < -0.39 is 0 Å². The number of benzene rings is 1. The largest absolute Gasteiger partial charge is 0.495 e. The first kappa shape index (κ1) is 12.6. The SMILES string of the molecule is CCNCC(=O)c1c(C)[nH]c2c(OC)cccc12. The minimum absolute atomic E-state index is 0.105. The summed E-state index contributed by atoms with van der Waals surface area (Å²) in [6.45, 7) is 5.05. The lowest BCUT2D eigenvalue weighted by Crippen LogP contribution is -2.22. The quantitative estimate of drug-likeness (QED) is 0.796. The molecule has 2 N–H and O–H groups in total. The summed E-state index contributed by atoms with van der Waals surface area (Å²) in [4.78, 5) is 15.4. The highest BCUT2D eigenvalue weighted by molar-refractivity contribution is 6.11. The standard InChI is InChI=1S/C14H18N2O2/c1-4-15-8-11(17)13-9(2)16-14-10(13)6-5-7-12(14)18-3/h5-7,15-16H,4,8H2,1-3H3. The summed E-state index contributed by atoms with van der Waals surface area (Å²) in [7, 11) is 1.63. The van der Waals surface area contributed by atoms with Crippen LogP contribution < -0.4 is 10.1 Å². The van der Waals surface area contributed by atoms with Crippen molar-refractivity contribution in [3.05, 3.63) is 29.5 Å². The van der Waals surface area contributed by atoms with Gasteiger partial charge in [-0.05, 0) is 19.5 Å². The van der Waals surface area contributed by atoms with Gasteiger partial charge in [0, 0.05) is 16.6 Å². The zero-order chi connectivity index (χ0) is 13.1. The second-order valence-corrected chi connectivity index (χ2v) is 4.21. The first-order chi connectivity index (χ1) is 8.69. The van der Waals surface area contributed by atoms with E-state index in [0.29, 0.717) is 6.54 Å². The highest BCUT2D eigenvalue weighted by atomic mass is 16.5.